The van der Waals surface area contributed by atoms with Crippen LogP contribution in [0.4, 0.5) is 5.00 Å². The van der Waals surface area contributed by atoms with E-state index in [1.807, 2.05) is 6.07 Å². The highest BCUT2D eigenvalue weighted by Gasteiger charge is 2.32. The van der Waals surface area contributed by atoms with Crippen molar-refractivity contribution in [2.75, 3.05) is 5.32 Å². The lowest BCUT2D eigenvalue weighted by Crippen LogP contribution is -2.35. The van der Waals surface area contributed by atoms with Crippen LogP contribution in [0, 0.1) is 5.92 Å². The maximum atomic E-state index is 11.3. The van der Waals surface area contributed by atoms with Gasteiger partial charge >= 0.3 is 0 Å². The van der Waals surface area contributed by atoms with E-state index in [9.17, 15) is 9.59 Å². The molecule has 2 N–H and O–H groups in total. The second kappa shape index (κ2) is 4.20. The fourth-order valence-corrected chi connectivity index (χ4v) is 3.60. The molecule has 1 atom stereocenters. The number of carbonyl (C=O) groups excluding carboxylic acids is 2. The van der Waals surface area contributed by atoms with Crippen LogP contribution < -0.4 is 10.7 Å². The Bertz CT molecular complexity index is 562. The predicted molar refractivity (Wildman–Crippen MR) is 69.7 cm³/mol. The molecule has 0 aromatic carbocycles. The molecule has 2 aliphatic rings. The molecule has 0 radical (unpaired) electrons. The SMILES string of the molecule is CC(=O)Nc1cc2c(s1)CCC1CC(=O)NN=C21. The lowest BCUT2D eigenvalue weighted by Gasteiger charge is -2.26. The van der Waals surface area contributed by atoms with E-state index in [4.69, 9.17) is 0 Å². The molecule has 1 aliphatic carbocycles. The number of hydrogen-bond acceptors (Lipinski definition) is 4. The summed E-state index contributed by atoms with van der Waals surface area (Å²) in [5.74, 6) is 0.152. The molecule has 1 unspecified atom stereocenters. The van der Waals surface area contributed by atoms with Crippen molar-refractivity contribution >= 4 is 33.9 Å². The molecule has 0 saturated carbocycles. The Morgan fingerprint density at radius 2 is 2.44 bits per heavy atom. The van der Waals surface area contributed by atoms with Crippen LogP contribution in [0.5, 0.6) is 0 Å². The van der Waals surface area contributed by atoms with Gasteiger partial charge in [-0.05, 0) is 18.9 Å². The highest BCUT2D eigenvalue weighted by molar-refractivity contribution is 7.16. The van der Waals surface area contributed by atoms with Gasteiger partial charge in [0.25, 0.3) is 0 Å². The van der Waals surface area contributed by atoms with Gasteiger partial charge in [0.2, 0.25) is 11.8 Å². The molecule has 1 aliphatic heterocycles. The van der Waals surface area contributed by atoms with E-state index in [1.165, 1.54) is 11.8 Å². The highest BCUT2D eigenvalue weighted by Crippen LogP contribution is 2.37. The molecule has 0 bridgehead atoms. The molecule has 3 rings (SSSR count). The minimum atomic E-state index is -0.0657. The Morgan fingerprint density at radius 1 is 1.61 bits per heavy atom. The number of aryl methyl sites for hydroxylation is 1. The average Bonchev–Trinajstić information content (AvgIpc) is 2.70. The summed E-state index contributed by atoms with van der Waals surface area (Å²) < 4.78 is 0. The fraction of sp³-hybridized carbons (Fsp3) is 0.417. The summed E-state index contributed by atoms with van der Waals surface area (Å²) in [5.41, 5.74) is 4.58. The normalized spacial score (nSPS) is 21.5. The number of anilines is 1. The van der Waals surface area contributed by atoms with Gasteiger partial charge in [0, 0.05) is 29.7 Å². The smallest absolute Gasteiger partial charge is 0.240 e. The molecule has 94 valence electrons. The van der Waals surface area contributed by atoms with Crippen molar-refractivity contribution in [1.29, 1.82) is 0 Å². The van der Waals surface area contributed by atoms with Crippen LogP contribution >= 0.6 is 11.3 Å². The van der Waals surface area contributed by atoms with Crippen molar-refractivity contribution in [2.45, 2.75) is 26.2 Å². The summed E-state index contributed by atoms with van der Waals surface area (Å²) in [6.45, 7) is 1.50. The molecule has 0 saturated heterocycles. The molecule has 1 aromatic heterocycles. The van der Waals surface area contributed by atoms with Gasteiger partial charge in [0.1, 0.15) is 0 Å². The van der Waals surface area contributed by atoms with Crippen LogP contribution in [-0.2, 0) is 16.0 Å². The van der Waals surface area contributed by atoms with E-state index in [0.717, 1.165) is 29.1 Å². The van der Waals surface area contributed by atoms with E-state index in [2.05, 4.69) is 15.8 Å². The number of nitrogens with zero attached hydrogens (tertiary/aromatic N) is 1. The number of hydrazone groups is 1. The number of hydrogen-bond donors (Lipinski definition) is 2. The quantitative estimate of drug-likeness (QED) is 0.806. The van der Waals surface area contributed by atoms with Crippen molar-refractivity contribution in [2.24, 2.45) is 11.0 Å². The highest BCUT2D eigenvalue weighted by atomic mass is 32.1. The predicted octanol–water partition coefficient (Wildman–Crippen LogP) is 1.49. The molecule has 6 heteroatoms. The molecule has 0 spiro atoms. The lowest BCUT2D eigenvalue weighted by molar-refractivity contribution is -0.122. The zero-order chi connectivity index (χ0) is 12.7. The van der Waals surface area contributed by atoms with Crippen molar-refractivity contribution in [3.05, 3.63) is 16.5 Å². The third-order valence-electron chi connectivity index (χ3n) is 3.22. The molecular weight excluding hydrogens is 250 g/mol. The first-order chi connectivity index (χ1) is 8.63. The average molecular weight is 263 g/mol. The second-order valence-electron chi connectivity index (χ2n) is 4.60. The number of thiophene rings is 1. The third kappa shape index (κ3) is 1.92. The zero-order valence-electron chi connectivity index (χ0n) is 9.95. The van der Waals surface area contributed by atoms with E-state index < -0.39 is 0 Å². The van der Waals surface area contributed by atoms with Gasteiger partial charge in [0.15, 0.2) is 0 Å². The van der Waals surface area contributed by atoms with Gasteiger partial charge in [-0.25, -0.2) is 5.43 Å². The van der Waals surface area contributed by atoms with Crippen molar-refractivity contribution < 1.29 is 9.59 Å². The van der Waals surface area contributed by atoms with Crippen molar-refractivity contribution in [3.8, 4) is 0 Å². The summed E-state index contributed by atoms with van der Waals surface area (Å²) >= 11 is 1.59. The van der Waals surface area contributed by atoms with Crippen molar-refractivity contribution in [3.63, 3.8) is 0 Å². The van der Waals surface area contributed by atoms with Gasteiger partial charge in [-0.1, -0.05) is 0 Å². The Balaban J connectivity index is 1.96. The molecular formula is C12H13N3O2S. The summed E-state index contributed by atoms with van der Waals surface area (Å²) in [5, 5.41) is 7.84. The minimum absolute atomic E-state index is 0.00971. The number of nitrogens with one attached hydrogen (secondary N) is 2. The van der Waals surface area contributed by atoms with Crippen LogP contribution in [0.3, 0.4) is 0 Å². The monoisotopic (exact) mass is 263 g/mol. The van der Waals surface area contributed by atoms with Gasteiger partial charge in [-0.3, -0.25) is 9.59 Å². The summed E-state index contributed by atoms with van der Waals surface area (Å²) in [4.78, 5) is 23.6. The maximum Gasteiger partial charge on any atom is 0.240 e. The molecule has 5 nitrogen and oxygen atoms in total. The number of carbonyl (C=O) groups is 2. The van der Waals surface area contributed by atoms with Gasteiger partial charge in [-0.2, -0.15) is 5.10 Å². The fourth-order valence-electron chi connectivity index (χ4n) is 2.47. The summed E-state index contributed by atoms with van der Waals surface area (Å²) in [7, 11) is 0. The van der Waals surface area contributed by atoms with Gasteiger partial charge < -0.3 is 5.32 Å². The summed E-state index contributed by atoms with van der Waals surface area (Å²) in [6, 6.07) is 1.96. The van der Waals surface area contributed by atoms with Crippen molar-refractivity contribution in [1.82, 2.24) is 5.43 Å². The van der Waals surface area contributed by atoms with Gasteiger partial charge in [-0.15, -0.1) is 11.3 Å². The zero-order valence-corrected chi connectivity index (χ0v) is 10.8. The van der Waals surface area contributed by atoms with E-state index in [-0.39, 0.29) is 17.7 Å². The standard InChI is InChI=1S/C12H13N3O2S/c1-6(16)13-11-5-8-9(18-11)3-2-7-4-10(17)14-15-12(7)8/h5,7H,2-4H2,1H3,(H,13,16)(H,14,17). The van der Waals surface area contributed by atoms with E-state index in [1.54, 1.807) is 11.3 Å². The molecule has 2 heterocycles. The first-order valence-corrected chi connectivity index (χ1v) is 6.72. The number of fused-ring (bicyclic) bond motifs is 3. The Morgan fingerprint density at radius 3 is 3.22 bits per heavy atom. The Hall–Kier alpha value is -1.69. The third-order valence-corrected chi connectivity index (χ3v) is 4.33. The molecule has 18 heavy (non-hydrogen) atoms. The van der Waals surface area contributed by atoms with Crippen LogP contribution in [0.25, 0.3) is 0 Å². The van der Waals surface area contributed by atoms with Crippen LogP contribution in [0.2, 0.25) is 0 Å². The van der Waals surface area contributed by atoms with Gasteiger partial charge in [0.05, 0.1) is 10.7 Å². The Kier molecular flexibility index (Phi) is 2.66. The van der Waals surface area contributed by atoms with Crippen LogP contribution in [-0.4, -0.2) is 17.5 Å². The minimum Gasteiger partial charge on any atom is -0.318 e. The van der Waals surface area contributed by atoms with Crippen LogP contribution in [0.15, 0.2) is 11.2 Å². The van der Waals surface area contributed by atoms with Crippen LogP contribution in [0.1, 0.15) is 30.2 Å². The summed E-state index contributed by atoms with van der Waals surface area (Å²) in [6.07, 6.45) is 2.43. The Labute approximate surface area is 108 Å². The van der Waals surface area contributed by atoms with E-state index >= 15 is 0 Å². The number of amides is 2. The first kappa shape index (κ1) is 11.4. The number of rotatable bonds is 1. The molecule has 2 amide bonds. The molecule has 0 fully saturated rings. The molecule has 1 aromatic rings. The largest absolute Gasteiger partial charge is 0.318 e. The van der Waals surface area contributed by atoms with E-state index in [0.29, 0.717) is 6.42 Å². The maximum absolute atomic E-state index is 11.3. The second-order valence-corrected chi connectivity index (χ2v) is 5.74. The topological polar surface area (TPSA) is 70.6 Å². The lowest BCUT2D eigenvalue weighted by atomic mass is 9.83. The first-order valence-electron chi connectivity index (χ1n) is 5.90.